The Morgan fingerprint density at radius 1 is 0.821 bits per heavy atom. The SMILES string of the molecule is CCCCC1=Cc2ccccc2C1C1[C]([Hf+2]2[CH2]C[CH2]2)=Cc2ccccc21.[Cl-].[Cl-]. The van der Waals surface area contributed by atoms with Crippen LogP contribution in [0.2, 0.25) is 8.35 Å². The molecule has 0 nitrogen and oxygen atoms in total. The Labute approximate surface area is 189 Å². The van der Waals surface area contributed by atoms with Gasteiger partial charge in [-0.3, -0.25) is 0 Å². The van der Waals surface area contributed by atoms with Gasteiger partial charge in [0, 0.05) is 0 Å². The molecular formula is C25H27Cl2Hf. The second-order valence-electron chi connectivity index (χ2n) is 8.09. The number of allylic oxidation sites excluding steroid dienone is 2. The van der Waals surface area contributed by atoms with Gasteiger partial charge < -0.3 is 24.8 Å². The Hall–Kier alpha value is -0.630. The summed E-state index contributed by atoms with van der Waals surface area (Å²) in [6.07, 6.45) is 10.5. The minimum atomic E-state index is -1.49. The topological polar surface area (TPSA) is 0 Å². The average molecular weight is 577 g/mol. The van der Waals surface area contributed by atoms with E-state index in [1.807, 2.05) is 3.33 Å². The zero-order chi connectivity index (χ0) is 17.5. The molecule has 3 heteroatoms. The summed E-state index contributed by atoms with van der Waals surface area (Å²) in [5.41, 5.74) is 7.92. The number of halogens is 2. The van der Waals surface area contributed by atoms with E-state index >= 15 is 0 Å². The van der Waals surface area contributed by atoms with Gasteiger partial charge in [-0.25, -0.2) is 0 Å². The Morgan fingerprint density at radius 3 is 2.04 bits per heavy atom. The molecule has 0 radical (unpaired) electrons. The quantitative estimate of drug-likeness (QED) is 0.472. The van der Waals surface area contributed by atoms with Gasteiger partial charge in [-0.05, 0) is 0 Å². The van der Waals surface area contributed by atoms with Crippen LogP contribution in [0.25, 0.3) is 12.2 Å². The van der Waals surface area contributed by atoms with Crippen LogP contribution in [0.5, 0.6) is 0 Å². The van der Waals surface area contributed by atoms with Gasteiger partial charge in [0.05, 0.1) is 0 Å². The molecule has 0 spiro atoms. The number of benzene rings is 2. The van der Waals surface area contributed by atoms with Gasteiger partial charge >= 0.3 is 166 Å². The van der Waals surface area contributed by atoms with E-state index in [1.165, 1.54) is 36.8 Å². The van der Waals surface area contributed by atoms with E-state index in [9.17, 15) is 0 Å². The molecule has 2 aromatic rings. The van der Waals surface area contributed by atoms with Crippen molar-refractivity contribution >= 4 is 12.2 Å². The summed E-state index contributed by atoms with van der Waals surface area (Å²) in [6, 6.07) is 18.5. The zero-order valence-corrected chi connectivity index (χ0v) is 21.5. The minimum absolute atomic E-state index is 0. The van der Waals surface area contributed by atoms with E-state index in [-0.39, 0.29) is 24.8 Å². The normalized spacial score (nSPS) is 21.5. The molecule has 145 valence electrons. The maximum Gasteiger partial charge on any atom is -1.00 e. The Kier molecular flexibility index (Phi) is 7.45. The fraction of sp³-hybridized carbons (Fsp3) is 0.360. The standard InChI is InChI=1S/C22H21.C3H6.2ClH.Hf/c1-2-3-8-18-15-17-10-5-7-12-20(17)22(18)21-14-13-16-9-4-6-11-19(16)21;1-3-2;;;/h4-7,9-13,15,21-22H,2-3,8H2,1H3;1-3H2;2*1H;/q;;;;+2/p-2. The van der Waals surface area contributed by atoms with Crippen LogP contribution in [0.4, 0.5) is 0 Å². The van der Waals surface area contributed by atoms with Crippen LogP contribution in [0.1, 0.15) is 66.7 Å². The predicted molar refractivity (Wildman–Crippen MR) is 108 cm³/mol. The van der Waals surface area contributed by atoms with Gasteiger partial charge in [0.15, 0.2) is 0 Å². The number of rotatable bonds is 5. The number of unbranched alkanes of at least 4 members (excludes halogenated alkanes) is 1. The van der Waals surface area contributed by atoms with E-state index in [0.717, 1.165) is 0 Å². The molecule has 1 fully saturated rings. The summed E-state index contributed by atoms with van der Waals surface area (Å²) < 4.78 is 5.14. The first-order valence-electron chi connectivity index (χ1n) is 10.3. The summed E-state index contributed by atoms with van der Waals surface area (Å²) in [4.78, 5) is 0. The molecule has 0 aromatic heterocycles. The van der Waals surface area contributed by atoms with Gasteiger partial charge in [0.25, 0.3) is 0 Å². The monoisotopic (exact) mass is 577 g/mol. The molecule has 0 N–H and O–H groups in total. The predicted octanol–water partition coefficient (Wildman–Crippen LogP) is 1.36. The van der Waals surface area contributed by atoms with E-state index in [2.05, 4.69) is 67.6 Å². The van der Waals surface area contributed by atoms with Crippen LogP contribution in [-0.2, 0) is 21.4 Å². The fourth-order valence-electron chi connectivity index (χ4n) is 5.09. The van der Waals surface area contributed by atoms with E-state index < -0.39 is 21.4 Å². The van der Waals surface area contributed by atoms with Crippen LogP contribution in [0.15, 0.2) is 57.4 Å². The summed E-state index contributed by atoms with van der Waals surface area (Å²) in [6.45, 7) is 2.32. The smallest absolute Gasteiger partial charge is 1.00 e. The molecule has 1 aliphatic heterocycles. The molecule has 5 rings (SSSR count). The number of fused-ring (bicyclic) bond motifs is 2. The van der Waals surface area contributed by atoms with E-state index in [0.29, 0.717) is 11.8 Å². The second-order valence-corrected chi connectivity index (χ2v) is 18.1. The summed E-state index contributed by atoms with van der Waals surface area (Å²) >= 11 is -1.49. The second kappa shape index (κ2) is 9.45. The molecule has 2 aromatic carbocycles. The largest absolute Gasteiger partial charge is 1.00 e. The van der Waals surface area contributed by atoms with Crippen molar-refractivity contribution in [3.05, 3.63) is 79.7 Å². The van der Waals surface area contributed by atoms with Crippen LogP contribution in [-0.4, -0.2) is 0 Å². The van der Waals surface area contributed by atoms with Gasteiger partial charge in [-0.2, -0.15) is 0 Å². The molecule has 0 bridgehead atoms. The van der Waals surface area contributed by atoms with Crippen molar-refractivity contribution in [3.63, 3.8) is 0 Å². The van der Waals surface area contributed by atoms with Crippen LogP contribution >= 0.6 is 0 Å². The molecule has 2 atom stereocenters. The van der Waals surface area contributed by atoms with Crippen molar-refractivity contribution in [2.75, 3.05) is 0 Å². The summed E-state index contributed by atoms with van der Waals surface area (Å²) in [5.74, 6) is 1.26. The molecule has 0 amide bonds. The van der Waals surface area contributed by atoms with E-state index in [4.69, 9.17) is 0 Å². The summed E-state index contributed by atoms with van der Waals surface area (Å²) in [5, 5.41) is 0. The Balaban J connectivity index is 0.00000112. The third-order valence-corrected chi connectivity index (χ3v) is 18.0. The van der Waals surface area contributed by atoms with Crippen molar-refractivity contribution < 1.29 is 46.3 Å². The van der Waals surface area contributed by atoms with Crippen LogP contribution in [0.3, 0.4) is 0 Å². The van der Waals surface area contributed by atoms with Crippen molar-refractivity contribution in [2.45, 2.75) is 52.8 Å². The van der Waals surface area contributed by atoms with Gasteiger partial charge in [0.2, 0.25) is 0 Å². The third-order valence-electron chi connectivity index (χ3n) is 6.57. The maximum absolute atomic E-state index is 2.64. The number of hydrogen-bond acceptors (Lipinski definition) is 0. The van der Waals surface area contributed by atoms with Crippen molar-refractivity contribution in [2.24, 2.45) is 0 Å². The summed E-state index contributed by atoms with van der Waals surface area (Å²) in [7, 11) is 0. The molecule has 1 heterocycles. The molecule has 2 aliphatic carbocycles. The van der Waals surface area contributed by atoms with Gasteiger partial charge in [-0.1, -0.05) is 0 Å². The molecule has 0 saturated carbocycles. The van der Waals surface area contributed by atoms with Gasteiger partial charge in [-0.15, -0.1) is 0 Å². The first kappa shape index (κ1) is 22.1. The van der Waals surface area contributed by atoms with Crippen molar-refractivity contribution in [1.29, 1.82) is 0 Å². The Bertz CT molecular complexity index is 895. The third kappa shape index (κ3) is 3.75. The van der Waals surface area contributed by atoms with E-state index in [1.54, 1.807) is 25.1 Å². The van der Waals surface area contributed by atoms with Crippen molar-refractivity contribution in [3.8, 4) is 0 Å². The van der Waals surface area contributed by atoms with Crippen molar-refractivity contribution in [1.82, 2.24) is 0 Å². The minimum Gasteiger partial charge on any atom is -1.00 e. The molecule has 2 unspecified atom stereocenters. The first-order chi connectivity index (χ1) is 12.9. The molecule has 3 aliphatic rings. The van der Waals surface area contributed by atoms with Gasteiger partial charge in [0.1, 0.15) is 0 Å². The number of hydrogen-bond donors (Lipinski definition) is 0. The average Bonchev–Trinajstić information content (AvgIpc) is 3.16. The fourth-order valence-corrected chi connectivity index (χ4v) is 13.7. The van der Waals surface area contributed by atoms with Crippen LogP contribution < -0.4 is 24.8 Å². The Morgan fingerprint density at radius 2 is 1.43 bits per heavy atom. The zero-order valence-electron chi connectivity index (χ0n) is 16.4. The molecule has 1 saturated heterocycles. The maximum atomic E-state index is 2.64. The van der Waals surface area contributed by atoms with Crippen LogP contribution in [0, 0.1) is 0 Å². The molecular weight excluding hydrogens is 550 g/mol. The first-order valence-corrected chi connectivity index (χ1v) is 17.2. The molecule has 28 heavy (non-hydrogen) atoms.